The van der Waals surface area contributed by atoms with Crippen LogP contribution in [-0.4, -0.2) is 14.0 Å². The Labute approximate surface area is 141 Å². The summed E-state index contributed by atoms with van der Waals surface area (Å²) in [5.74, 6) is 0.794. The maximum atomic E-state index is 13.0. The van der Waals surface area contributed by atoms with Gasteiger partial charge in [0.05, 0.1) is 5.69 Å². The molecule has 0 bridgehead atoms. The van der Waals surface area contributed by atoms with Crippen LogP contribution in [0.5, 0.6) is 5.75 Å². The number of nitrogens with one attached hydrogen (secondary N) is 1. The van der Waals surface area contributed by atoms with Crippen molar-refractivity contribution in [2.45, 2.75) is 6.61 Å². The number of benzene rings is 1. The van der Waals surface area contributed by atoms with E-state index in [1.807, 2.05) is 30.3 Å². The van der Waals surface area contributed by atoms with Crippen LogP contribution in [0.3, 0.4) is 0 Å². The van der Waals surface area contributed by atoms with Crippen LogP contribution in [-0.2, 0) is 6.61 Å². The summed E-state index contributed by atoms with van der Waals surface area (Å²) in [5, 5.41) is 0. The first-order chi connectivity index (χ1) is 12.2. The molecule has 0 aliphatic carbocycles. The van der Waals surface area contributed by atoms with Gasteiger partial charge in [-0.2, -0.15) is 0 Å². The van der Waals surface area contributed by atoms with Crippen LogP contribution in [0.1, 0.15) is 5.69 Å². The number of ether oxygens (including phenoxy) is 1. The molecule has 0 amide bonds. The summed E-state index contributed by atoms with van der Waals surface area (Å²) >= 11 is 0. The number of para-hydroxylation sites is 1. The Morgan fingerprint density at radius 2 is 1.96 bits per heavy atom. The molecular formula is C18H14FN4O2+. The molecule has 25 heavy (non-hydrogen) atoms. The topological polar surface area (TPSA) is 62.7 Å². The third kappa shape index (κ3) is 2.99. The number of nitrogens with zero attached hydrogens (tertiary/aromatic N) is 3. The molecule has 0 fully saturated rings. The Balaban J connectivity index is 1.65. The summed E-state index contributed by atoms with van der Waals surface area (Å²) in [6, 6.07) is 13.9. The van der Waals surface area contributed by atoms with Crippen LogP contribution in [0, 0.1) is 5.82 Å². The quantitative estimate of drug-likeness (QED) is 0.572. The molecule has 3 heterocycles. The van der Waals surface area contributed by atoms with Crippen molar-refractivity contribution in [1.82, 2.24) is 14.0 Å². The molecule has 0 spiro atoms. The number of pyridine rings is 1. The molecule has 7 heteroatoms. The highest BCUT2D eigenvalue weighted by Crippen LogP contribution is 2.11. The van der Waals surface area contributed by atoms with Crippen molar-refractivity contribution in [2.75, 3.05) is 0 Å². The number of imidazole rings is 1. The summed E-state index contributed by atoms with van der Waals surface area (Å²) in [5.41, 5.74) is 0.857. The number of fused-ring (bicyclic) bond motifs is 1. The number of H-pyrrole nitrogens is 1. The molecule has 124 valence electrons. The van der Waals surface area contributed by atoms with E-state index in [9.17, 15) is 9.18 Å². The van der Waals surface area contributed by atoms with Crippen molar-refractivity contribution in [1.29, 1.82) is 0 Å². The number of rotatable bonds is 4. The molecule has 0 saturated carbocycles. The molecule has 0 aliphatic rings. The Morgan fingerprint density at radius 1 is 1.12 bits per heavy atom. The van der Waals surface area contributed by atoms with Gasteiger partial charge in [-0.1, -0.05) is 18.2 Å². The maximum Gasteiger partial charge on any atom is 0.426 e. The molecule has 0 unspecified atom stereocenters. The summed E-state index contributed by atoms with van der Waals surface area (Å²) in [6.45, 7) is 0.258. The first kappa shape index (κ1) is 15.1. The van der Waals surface area contributed by atoms with Crippen LogP contribution in [0.25, 0.3) is 11.5 Å². The SMILES string of the molecule is O=c1n(-c2ccc(F)c[nH+]2)ccc2nc(COc3ccccc3)cn12. The Hall–Kier alpha value is -3.48. The summed E-state index contributed by atoms with van der Waals surface area (Å²) in [4.78, 5) is 19.8. The minimum Gasteiger partial charge on any atom is -0.487 e. The van der Waals surface area contributed by atoms with Crippen molar-refractivity contribution in [2.24, 2.45) is 0 Å². The highest BCUT2D eigenvalue weighted by atomic mass is 19.1. The first-order valence-corrected chi connectivity index (χ1v) is 7.66. The van der Waals surface area contributed by atoms with Crippen molar-refractivity contribution in [3.05, 3.63) is 89.1 Å². The largest absolute Gasteiger partial charge is 0.487 e. The van der Waals surface area contributed by atoms with Crippen LogP contribution < -0.4 is 15.4 Å². The summed E-state index contributed by atoms with van der Waals surface area (Å²) in [6.07, 6.45) is 4.43. The van der Waals surface area contributed by atoms with E-state index in [1.165, 1.54) is 27.3 Å². The zero-order valence-corrected chi connectivity index (χ0v) is 13.1. The fourth-order valence-electron chi connectivity index (χ4n) is 2.51. The van der Waals surface area contributed by atoms with Gasteiger partial charge in [-0.3, -0.25) is 0 Å². The third-order valence-corrected chi connectivity index (χ3v) is 3.72. The third-order valence-electron chi connectivity index (χ3n) is 3.72. The lowest BCUT2D eigenvalue weighted by atomic mass is 10.3. The average Bonchev–Trinajstić information content (AvgIpc) is 3.06. The molecule has 0 saturated heterocycles. The maximum absolute atomic E-state index is 13.0. The van der Waals surface area contributed by atoms with Gasteiger partial charge >= 0.3 is 5.69 Å². The van der Waals surface area contributed by atoms with E-state index in [0.717, 1.165) is 5.75 Å². The van der Waals surface area contributed by atoms with E-state index in [1.54, 1.807) is 18.5 Å². The number of hydrogen-bond acceptors (Lipinski definition) is 3. The highest BCUT2D eigenvalue weighted by molar-refractivity contribution is 5.39. The summed E-state index contributed by atoms with van der Waals surface area (Å²) in [7, 11) is 0. The fourth-order valence-corrected chi connectivity index (χ4v) is 2.51. The zero-order chi connectivity index (χ0) is 17.2. The predicted molar refractivity (Wildman–Crippen MR) is 88.1 cm³/mol. The van der Waals surface area contributed by atoms with Crippen LogP contribution in [0.4, 0.5) is 4.39 Å². The normalized spacial score (nSPS) is 10.9. The van der Waals surface area contributed by atoms with Gasteiger partial charge < -0.3 is 4.74 Å². The van der Waals surface area contributed by atoms with E-state index in [2.05, 4.69) is 9.97 Å². The predicted octanol–water partition coefficient (Wildman–Crippen LogP) is 2.02. The average molecular weight is 337 g/mol. The summed E-state index contributed by atoms with van der Waals surface area (Å²) < 4.78 is 21.5. The molecular weight excluding hydrogens is 323 g/mol. The fraction of sp³-hybridized carbons (Fsp3) is 0.0556. The van der Waals surface area contributed by atoms with E-state index >= 15 is 0 Å². The molecule has 4 rings (SSSR count). The second-order valence-corrected chi connectivity index (χ2v) is 5.42. The zero-order valence-electron chi connectivity index (χ0n) is 13.1. The van der Waals surface area contributed by atoms with Crippen molar-refractivity contribution in [3.8, 4) is 11.6 Å². The highest BCUT2D eigenvalue weighted by Gasteiger charge is 2.14. The lowest BCUT2D eigenvalue weighted by Gasteiger charge is -2.02. The van der Waals surface area contributed by atoms with E-state index < -0.39 is 5.82 Å². The molecule has 4 aromatic rings. The van der Waals surface area contributed by atoms with Gasteiger partial charge in [0, 0.05) is 18.3 Å². The number of aromatic amines is 1. The van der Waals surface area contributed by atoms with Crippen LogP contribution >= 0.6 is 0 Å². The first-order valence-electron chi connectivity index (χ1n) is 7.66. The molecule has 6 nitrogen and oxygen atoms in total. The Bertz CT molecular complexity index is 1070. The van der Waals surface area contributed by atoms with E-state index in [4.69, 9.17) is 4.74 Å². The van der Waals surface area contributed by atoms with E-state index in [0.29, 0.717) is 17.2 Å². The van der Waals surface area contributed by atoms with Crippen molar-refractivity contribution >= 4 is 5.65 Å². The second-order valence-electron chi connectivity index (χ2n) is 5.42. The van der Waals surface area contributed by atoms with Crippen LogP contribution in [0.2, 0.25) is 0 Å². The lowest BCUT2D eigenvalue weighted by molar-refractivity contribution is -0.376. The van der Waals surface area contributed by atoms with Gasteiger partial charge in [0.25, 0.3) is 5.82 Å². The van der Waals surface area contributed by atoms with E-state index in [-0.39, 0.29) is 12.3 Å². The molecule has 0 atom stereocenters. The smallest absolute Gasteiger partial charge is 0.426 e. The monoisotopic (exact) mass is 337 g/mol. The molecule has 1 N–H and O–H groups in total. The molecule has 1 aromatic carbocycles. The van der Waals surface area contributed by atoms with Crippen LogP contribution in [0.15, 0.2) is 71.9 Å². The van der Waals surface area contributed by atoms with Gasteiger partial charge in [-0.15, -0.1) is 4.57 Å². The molecule has 0 radical (unpaired) electrons. The standard InChI is InChI=1S/C18H13FN4O2/c19-13-6-7-16(20-10-13)22-9-8-17-21-14(11-23(17)18(22)24)12-25-15-4-2-1-3-5-15/h1-11H,12H2/p+1. The lowest BCUT2D eigenvalue weighted by Crippen LogP contribution is -2.28. The van der Waals surface area contributed by atoms with Gasteiger partial charge in [-0.25, -0.2) is 23.6 Å². The molecule has 3 aromatic heterocycles. The number of aromatic nitrogens is 4. The Morgan fingerprint density at radius 3 is 2.72 bits per heavy atom. The number of halogens is 1. The Kier molecular flexibility index (Phi) is 3.74. The van der Waals surface area contributed by atoms with Gasteiger partial charge in [-0.05, 0) is 18.2 Å². The van der Waals surface area contributed by atoms with Gasteiger partial charge in [0.15, 0.2) is 5.82 Å². The number of hydrogen-bond donors (Lipinski definition) is 0. The van der Waals surface area contributed by atoms with Gasteiger partial charge in [0.2, 0.25) is 0 Å². The minimum atomic E-state index is -0.402. The van der Waals surface area contributed by atoms with Crippen molar-refractivity contribution in [3.63, 3.8) is 0 Å². The molecule has 0 aliphatic heterocycles. The van der Waals surface area contributed by atoms with Gasteiger partial charge in [0.1, 0.15) is 30.4 Å². The second kappa shape index (κ2) is 6.20. The minimum absolute atomic E-state index is 0.258. The van der Waals surface area contributed by atoms with Crippen molar-refractivity contribution < 1.29 is 14.1 Å².